The van der Waals surface area contributed by atoms with Crippen molar-refractivity contribution in [3.8, 4) is 0 Å². The first-order valence-electron chi connectivity index (χ1n) is 6.97. The molecule has 0 rings (SSSR count). The third-order valence-electron chi connectivity index (χ3n) is 2.23. The Morgan fingerprint density at radius 3 is 2.45 bits per heavy atom. The molecule has 0 saturated heterocycles. The molecule has 7 nitrogen and oxygen atoms in total. The van der Waals surface area contributed by atoms with Gasteiger partial charge in [0.2, 0.25) is 5.91 Å². The number of amides is 2. The minimum atomic E-state index is -0.480. The molecule has 0 unspecified atom stereocenters. The maximum Gasteiger partial charge on any atom is 0.407 e. The summed E-state index contributed by atoms with van der Waals surface area (Å²) in [5.74, 6) is -0.113. The van der Waals surface area contributed by atoms with Crippen molar-refractivity contribution >= 4 is 12.0 Å². The van der Waals surface area contributed by atoms with Crippen LogP contribution in [0.2, 0.25) is 0 Å². The summed E-state index contributed by atoms with van der Waals surface area (Å²) in [5.41, 5.74) is 5.03. The number of rotatable bonds is 9. The summed E-state index contributed by atoms with van der Waals surface area (Å²) < 4.78 is 4.93. The van der Waals surface area contributed by atoms with E-state index in [1.165, 1.54) is 0 Å². The van der Waals surface area contributed by atoms with Crippen LogP contribution in [0, 0.1) is 0 Å². The third kappa shape index (κ3) is 13.1. The van der Waals surface area contributed by atoms with Gasteiger partial charge in [0.25, 0.3) is 0 Å². The van der Waals surface area contributed by atoms with Gasteiger partial charge in [-0.25, -0.2) is 4.79 Å². The molecule has 2 amide bonds. The molecule has 0 fully saturated rings. The molecule has 7 heteroatoms. The second-order valence-electron chi connectivity index (χ2n) is 5.53. The van der Waals surface area contributed by atoms with E-state index in [0.29, 0.717) is 13.1 Å². The van der Waals surface area contributed by atoms with E-state index >= 15 is 0 Å². The van der Waals surface area contributed by atoms with Crippen LogP contribution in [0.15, 0.2) is 0 Å². The van der Waals surface area contributed by atoms with Crippen LogP contribution in [-0.2, 0) is 9.53 Å². The molecule has 0 aromatic carbocycles. The molecule has 0 aliphatic carbocycles. The maximum atomic E-state index is 11.4. The molecular formula is C13H28N4O3. The van der Waals surface area contributed by atoms with Crippen LogP contribution in [0.25, 0.3) is 0 Å². The fraction of sp³-hybridized carbons (Fsp3) is 0.846. The molecule has 0 atom stereocenters. The number of nitrogens with one attached hydrogen (secondary N) is 3. The highest BCUT2D eigenvalue weighted by atomic mass is 16.5. The summed E-state index contributed by atoms with van der Waals surface area (Å²) in [6.45, 7) is 7.77. The number of hydrogen-bond acceptors (Lipinski definition) is 5. The van der Waals surface area contributed by atoms with Crippen molar-refractivity contribution in [1.29, 1.82) is 0 Å². The molecule has 0 radical (unpaired) electrons. The first kappa shape index (κ1) is 18.7. The summed E-state index contributed by atoms with van der Waals surface area (Å²) in [7, 11) is 0. The molecule has 0 aliphatic rings. The summed E-state index contributed by atoms with van der Waals surface area (Å²) in [5, 5.41) is 8.34. The lowest BCUT2D eigenvalue weighted by Crippen LogP contribution is -2.42. The quantitative estimate of drug-likeness (QED) is 0.445. The Morgan fingerprint density at radius 1 is 1.15 bits per heavy atom. The van der Waals surface area contributed by atoms with Gasteiger partial charge in [0.15, 0.2) is 0 Å². The standard InChI is InChI=1S/C13H28N4O3/c1-13(2,3)17-12(19)20-9-8-16-11(18)10-15-7-5-4-6-14/h15H,4-10,14H2,1-3H3,(H,16,18)(H,17,19). The van der Waals surface area contributed by atoms with E-state index in [-0.39, 0.29) is 24.6 Å². The highest BCUT2D eigenvalue weighted by Gasteiger charge is 2.14. The van der Waals surface area contributed by atoms with E-state index < -0.39 is 6.09 Å². The molecule has 0 saturated carbocycles. The lowest BCUT2D eigenvalue weighted by molar-refractivity contribution is -0.120. The van der Waals surface area contributed by atoms with E-state index in [1.807, 2.05) is 20.8 Å². The zero-order valence-electron chi connectivity index (χ0n) is 12.8. The topological polar surface area (TPSA) is 105 Å². The van der Waals surface area contributed by atoms with Crippen molar-refractivity contribution in [2.24, 2.45) is 5.73 Å². The average molecular weight is 288 g/mol. The Balaban J connectivity index is 3.46. The summed E-state index contributed by atoms with van der Waals surface area (Å²) in [6.07, 6.45) is 1.43. The number of unbranched alkanes of at least 4 members (excludes halogenated alkanes) is 1. The van der Waals surface area contributed by atoms with E-state index in [0.717, 1.165) is 19.4 Å². The predicted molar refractivity (Wildman–Crippen MR) is 78.4 cm³/mol. The van der Waals surface area contributed by atoms with Gasteiger partial charge in [0.1, 0.15) is 6.61 Å². The fourth-order valence-corrected chi connectivity index (χ4v) is 1.34. The SMILES string of the molecule is CC(C)(C)NC(=O)OCCNC(=O)CNCCCCN. The van der Waals surface area contributed by atoms with Gasteiger partial charge in [-0.2, -0.15) is 0 Å². The van der Waals surface area contributed by atoms with E-state index in [9.17, 15) is 9.59 Å². The van der Waals surface area contributed by atoms with E-state index in [2.05, 4.69) is 16.0 Å². The number of nitrogens with two attached hydrogens (primary N) is 1. The fourth-order valence-electron chi connectivity index (χ4n) is 1.34. The van der Waals surface area contributed by atoms with Gasteiger partial charge < -0.3 is 26.4 Å². The van der Waals surface area contributed by atoms with Crippen molar-refractivity contribution < 1.29 is 14.3 Å². The van der Waals surface area contributed by atoms with Crippen LogP contribution in [0.1, 0.15) is 33.6 Å². The molecule has 0 aromatic heterocycles. The molecule has 0 aliphatic heterocycles. The number of hydrogen-bond donors (Lipinski definition) is 4. The summed E-state index contributed by atoms with van der Waals surface area (Å²) in [4.78, 5) is 22.7. The minimum Gasteiger partial charge on any atom is -0.448 e. The van der Waals surface area contributed by atoms with Crippen molar-refractivity contribution in [2.75, 3.05) is 32.8 Å². The first-order chi connectivity index (χ1) is 9.35. The molecule has 0 aromatic rings. The molecular weight excluding hydrogens is 260 g/mol. The molecule has 0 spiro atoms. The van der Waals surface area contributed by atoms with Crippen LogP contribution in [0.3, 0.4) is 0 Å². The van der Waals surface area contributed by atoms with Crippen LogP contribution < -0.4 is 21.7 Å². The number of carbonyl (C=O) groups is 2. The van der Waals surface area contributed by atoms with Gasteiger partial charge in [-0.1, -0.05) is 0 Å². The highest BCUT2D eigenvalue weighted by molar-refractivity contribution is 5.78. The smallest absolute Gasteiger partial charge is 0.407 e. The van der Waals surface area contributed by atoms with Crippen LogP contribution >= 0.6 is 0 Å². The number of alkyl carbamates (subject to hydrolysis) is 1. The van der Waals surface area contributed by atoms with E-state index in [4.69, 9.17) is 10.5 Å². The zero-order chi connectivity index (χ0) is 15.4. The van der Waals surface area contributed by atoms with Gasteiger partial charge in [0.05, 0.1) is 13.1 Å². The highest BCUT2D eigenvalue weighted by Crippen LogP contribution is 1.98. The van der Waals surface area contributed by atoms with Gasteiger partial charge in [-0.3, -0.25) is 4.79 Å². The van der Waals surface area contributed by atoms with Gasteiger partial charge >= 0.3 is 6.09 Å². The van der Waals surface area contributed by atoms with E-state index in [1.54, 1.807) is 0 Å². The average Bonchev–Trinajstić information content (AvgIpc) is 2.32. The lowest BCUT2D eigenvalue weighted by atomic mass is 10.1. The van der Waals surface area contributed by atoms with Crippen LogP contribution in [0.4, 0.5) is 4.79 Å². The predicted octanol–water partition coefficient (Wildman–Crippen LogP) is -0.0442. The molecule has 118 valence electrons. The van der Waals surface area contributed by atoms with Crippen molar-refractivity contribution in [3.63, 3.8) is 0 Å². The normalized spacial score (nSPS) is 11.0. The monoisotopic (exact) mass is 288 g/mol. The molecule has 20 heavy (non-hydrogen) atoms. The Morgan fingerprint density at radius 2 is 1.85 bits per heavy atom. The molecule has 5 N–H and O–H groups in total. The maximum absolute atomic E-state index is 11.4. The molecule has 0 bridgehead atoms. The Hall–Kier alpha value is -1.34. The Kier molecular flexibility index (Phi) is 9.75. The zero-order valence-corrected chi connectivity index (χ0v) is 12.8. The van der Waals surface area contributed by atoms with Crippen molar-refractivity contribution in [1.82, 2.24) is 16.0 Å². The summed E-state index contributed by atoms with van der Waals surface area (Å²) in [6, 6.07) is 0. The molecule has 0 heterocycles. The Labute approximate surface area is 121 Å². The van der Waals surface area contributed by atoms with Gasteiger partial charge in [-0.05, 0) is 46.7 Å². The minimum absolute atomic E-state index is 0.113. The van der Waals surface area contributed by atoms with Crippen molar-refractivity contribution in [3.05, 3.63) is 0 Å². The number of ether oxygens (including phenoxy) is 1. The third-order valence-corrected chi connectivity index (χ3v) is 2.23. The summed E-state index contributed by atoms with van der Waals surface area (Å²) >= 11 is 0. The Bertz CT molecular complexity index is 290. The van der Waals surface area contributed by atoms with Gasteiger partial charge in [0, 0.05) is 5.54 Å². The second kappa shape index (κ2) is 10.4. The van der Waals surface area contributed by atoms with Crippen molar-refractivity contribution in [2.45, 2.75) is 39.2 Å². The van der Waals surface area contributed by atoms with Crippen LogP contribution in [-0.4, -0.2) is 50.3 Å². The van der Waals surface area contributed by atoms with Gasteiger partial charge in [-0.15, -0.1) is 0 Å². The second-order valence-corrected chi connectivity index (χ2v) is 5.53. The number of carbonyl (C=O) groups excluding carboxylic acids is 2. The lowest BCUT2D eigenvalue weighted by Gasteiger charge is -2.19. The largest absolute Gasteiger partial charge is 0.448 e. The first-order valence-corrected chi connectivity index (χ1v) is 6.97. The van der Waals surface area contributed by atoms with Crippen LogP contribution in [0.5, 0.6) is 0 Å².